The number of methoxy groups -OCH3 is 1. The van der Waals surface area contributed by atoms with E-state index in [1.54, 1.807) is 50.4 Å². The van der Waals surface area contributed by atoms with Crippen LogP contribution in [0.2, 0.25) is 0 Å². The normalized spacial score (nSPS) is 13.8. The molecular formula is C29H29BrN7O3PS. The van der Waals surface area contributed by atoms with Crippen LogP contribution < -0.4 is 25.6 Å². The van der Waals surface area contributed by atoms with Crippen molar-refractivity contribution in [1.82, 2.24) is 19.9 Å². The van der Waals surface area contributed by atoms with Crippen LogP contribution in [0.3, 0.4) is 0 Å². The highest BCUT2D eigenvalue weighted by molar-refractivity contribution is 9.10. The van der Waals surface area contributed by atoms with Crippen LogP contribution in [0.4, 0.5) is 28.8 Å². The maximum atomic E-state index is 13.4. The van der Waals surface area contributed by atoms with Crippen LogP contribution in [0.5, 0.6) is 5.75 Å². The molecule has 0 amide bonds. The SMILES string of the molecule is COc1cc(N2CCOCC2)c(-c2ccsc2)cc1Nc1ncc(Br)c(Nc2ccc3nccnc3c2P(C)(C)=O)n1. The molecule has 6 rings (SSSR count). The molecule has 0 unspecified atom stereocenters. The Hall–Kier alpha value is -3.57. The van der Waals surface area contributed by atoms with Crippen molar-refractivity contribution in [3.05, 3.63) is 64.2 Å². The number of thiophene rings is 1. The average molecular weight is 667 g/mol. The molecule has 1 saturated heterocycles. The Bertz CT molecular complexity index is 1790. The Morgan fingerprint density at radius 1 is 1.05 bits per heavy atom. The van der Waals surface area contributed by atoms with Crippen molar-refractivity contribution in [3.8, 4) is 16.9 Å². The van der Waals surface area contributed by atoms with Gasteiger partial charge in [-0.2, -0.15) is 16.3 Å². The lowest BCUT2D eigenvalue weighted by atomic mass is 10.0. The molecule has 13 heteroatoms. The second-order valence-corrected chi connectivity index (χ2v) is 14.8. The van der Waals surface area contributed by atoms with Gasteiger partial charge in [-0.3, -0.25) is 9.97 Å². The lowest BCUT2D eigenvalue weighted by Gasteiger charge is -2.31. The first-order chi connectivity index (χ1) is 20.3. The van der Waals surface area contributed by atoms with Crippen LogP contribution in [-0.2, 0) is 9.30 Å². The minimum absolute atomic E-state index is 0.368. The van der Waals surface area contributed by atoms with Gasteiger partial charge < -0.3 is 29.6 Å². The molecule has 0 radical (unpaired) electrons. The third kappa shape index (κ3) is 5.85. The third-order valence-electron chi connectivity index (χ3n) is 6.90. The number of halogens is 1. The van der Waals surface area contributed by atoms with Crippen molar-refractivity contribution in [1.29, 1.82) is 0 Å². The van der Waals surface area contributed by atoms with Crippen molar-refractivity contribution < 1.29 is 14.0 Å². The number of morpholine rings is 1. The Kier molecular flexibility index (Phi) is 8.13. The number of benzene rings is 2. The van der Waals surface area contributed by atoms with Gasteiger partial charge >= 0.3 is 0 Å². The van der Waals surface area contributed by atoms with E-state index in [4.69, 9.17) is 14.5 Å². The fraction of sp³-hybridized carbons (Fsp3) is 0.241. The van der Waals surface area contributed by atoms with E-state index in [0.29, 0.717) is 57.2 Å². The van der Waals surface area contributed by atoms with Gasteiger partial charge in [0.05, 0.1) is 47.0 Å². The van der Waals surface area contributed by atoms with Gasteiger partial charge in [-0.05, 0) is 69.8 Å². The fourth-order valence-corrected chi connectivity index (χ4v) is 7.32. The zero-order valence-electron chi connectivity index (χ0n) is 23.3. The molecule has 0 saturated carbocycles. The highest BCUT2D eigenvalue weighted by atomic mass is 79.9. The molecule has 1 aliphatic rings. The van der Waals surface area contributed by atoms with Crippen molar-refractivity contribution in [2.45, 2.75) is 0 Å². The monoisotopic (exact) mass is 665 g/mol. The van der Waals surface area contributed by atoms with Crippen molar-refractivity contribution in [2.24, 2.45) is 0 Å². The molecule has 0 bridgehead atoms. The van der Waals surface area contributed by atoms with E-state index < -0.39 is 7.14 Å². The number of nitrogens with one attached hydrogen (secondary N) is 2. The molecule has 1 aliphatic heterocycles. The molecule has 0 atom stereocenters. The van der Waals surface area contributed by atoms with Crippen LogP contribution >= 0.6 is 34.4 Å². The van der Waals surface area contributed by atoms with Gasteiger partial charge in [-0.25, -0.2) is 4.98 Å². The predicted octanol–water partition coefficient (Wildman–Crippen LogP) is 6.49. The zero-order valence-corrected chi connectivity index (χ0v) is 26.6. The number of aromatic nitrogens is 4. The second-order valence-electron chi connectivity index (χ2n) is 10.1. The first kappa shape index (κ1) is 28.5. The van der Waals surface area contributed by atoms with Gasteiger partial charge in [0.1, 0.15) is 24.2 Å². The van der Waals surface area contributed by atoms with Gasteiger partial charge in [-0.1, -0.05) is 0 Å². The van der Waals surface area contributed by atoms with Crippen LogP contribution in [0.15, 0.2) is 64.2 Å². The van der Waals surface area contributed by atoms with Crippen LogP contribution in [0, 0.1) is 0 Å². The van der Waals surface area contributed by atoms with Crippen LogP contribution in [-0.4, -0.2) is 66.7 Å². The van der Waals surface area contributed by atoms with E-state index in [2.05, 4.69) is 75.4 Å². The summed E-state index contributed by atoms with van der Waals surface area (Å²) in [6.07, 6.45) is 4.90. The van der Waals surface area contributed by atoms with Crippen LogP contribution in [0.1, 0.15) is 0 Å². The van der Waals surface area contributed by atoms with E-state index in [0.717, 1.165) is 35.6 Å². The smallest absolute Gasteiger partial charge is 0.229 e. The molecule has 10 nitrogen and oxygen atoms in total. The molecule has 2 aromatic carbocycles. The van der Waals surface area contributed by atoms with E-state index in [-0.39, 0.29) is 0 Å². The first-order valence-electron chi connectivity index (χ1n) is 13.2. The third-order valence-corrected chi connectivity index (χ3v) is 9.69. The summed E-state index contributed by atoms with van der Waals surface area (Å²) in [7, 11) is -1.09. The lowest BCUT2D eigenvalue weighted by molar-refractivity contribution is 0.122. The number of anilines is 5. The molecule has 1 fully saturated rings. The van der Waals surface area contributed by atoms with Crippen molar-refractivity contribution in [3.63, 3.8) is 0 Å². The summed E-state index contributed by atoms with van der Waals surface area (Å²) in [6, 6.07) is 9.96. The molecule has 0 aliphatic carbocycles. The van der Waals surface area contributed by atoms with Crippen molar-refractivity contribution in [2.75, 3.05) is 62.3 Å². The molecule has 42 heavy (non-hydrogen) atoms. The minimum atomic E-state index is -2.74. The summed E-state index contributed by atoms with van der Waals surface area (Å²) in [6.45, 7) is 6.43. The lowest BCUT2D eigenvalue weighted by Crippen LogP contribution is -2.36. The van der Waals surface area contributed by atoms with Crippen LogP contribution in [0.25, 0.3) is 22.2 Å². The van der Waals surface area contributed by atoms with E-state index in [1.807, 2.05) is 12.1 Å². The number of rotatable bonds is 8. The highest BCUT2D eigenvalue weighted by Gasteiger charge is 2.23. The molecule has 5 aromatic rings. The number of hydrogen-bond donors (Lipinski definition) is 2. The molecule has 0 spiro atoms. The molecular weight excluding hydrogens is 637 g/mol. The quantitative estimate of drug-likeness (QED) is 0.178. The molecule has 3 aromatic heterocycles. The summed E-state index contributed by atoms with van der Waals surface area (Å²) in [5.41, 5.74) is 5.97. The Labute approximate surface area is 256 Å². The largest absolute Gasteiger partial charge is 0.494 e. The van der Waals surface area contributed by atoms with Crippen molar-refractivity contribution >= 4 is 79.6 Å². The highest BCUT2D eigenvalue weighted by Crippen LogP contribution is 2.43. The standard InChI is InChI=1S/C29H29BrN7O3PS/c1-39-25-15-24(37-9-11-40-12-10-37)19(18-6-13-42-17-18)14-23(25)35-29-33-16-20(30)28(36-29)34-22-5-4-21-26(32-8-7-31-21)27(22)41(2,3)38/h4-8,13-17H,9-12H2,1-3H3,(H2,33,34,35,36). The maximum absolute atomic E-state index is 13.4. The molecule has 4 heterocycles. The van der Waals surface area contributed by atoms with E-state index in [9.17, 15) is 4.57 Å². The maximum Gasteiger partial charge on any atom is 0.229 e. The van der Waals surface area contributed by atoms with E-state index >= 15 is 0 Å². The van der Waals surface area contributed by atoms with Gasteiger partial charge in [0, 0.05) is 49.0 Å². The molecule has 216 valence electrons. The Balaban J connectivity index is 1.37. The Morgan fingerprint density at radius 3 is 2.60 bits per heavy atom. The van der Waals surface area contributed by atoms with Gasteiger partial charge in [0.15, 0.2) is 0 Å². The second kappa shape index (κ2) is 12.0. The number of ether oxygens (including phenoxy) is 2. The summed E-state index contributed by atoms with van der Waals surface area (Å²) < 4.78 is 25.4. The number of fused-ring (bicyclic) bond motifs is 1. The minimum Gasteiger partial charge on any atom is -0.494 e. The summed E-state index contributed by atoms with van der Waals surface area (Å²) in [5.74, 6) is 1.55. The Morgan fingerprint density at radius 2 is 1.86 bits per heavy atom. The van der Waals surface area contributed by atoms with E-state index in [1.165, 1.54) is 0 Å². The number of hydrogen-bond acceptors (Lipinski definition) is 11. The first-order valence-corrected chi connectivity index (χ1v) is 17.6. The van der Waals surface area contributed by atoms with Gasteiger partial charge in [0.25, 0.3) is 0 Å². The topological polar surface area (TPSA) is 114 Å². The summed E-state index contributed by atoms with van der Waals surface area (Å²) in [4.78, 5) is 20.5. The molecule has 2 N–H and O–H groups in total. The number of nitrogens with zero attached hydrogens (tertiary/aromatic N) is 5. The van der Waals surface area contributed by atoms with Gasteiger partial charge in [0.2, 0.25) is 5.95 Å². The average Bonchev–Trinajstić information content (AvgIpc) is 3.53. The fourth-order valence-electron chi connectivity index (χ4n) is 4.98. The summed E-state index contributed by atoms with van der Waals surface area (Å²) >= 11 is 5.22. The van der Waals surface area contributed by atoms with Gasteiger partial charge in [-0.15, -0.1) is 0 Å². The predicted molar refractivity (Wildman–Crippen MR) is 174 cm³/mol. The summed E-state index contributed by atoms with van der Waals surface area (Å²) in [5, 5.41) is 11.5. The zero-order chi connectivity index (χ0) is 29.3.